The molecule has 0 fully saturated rings. The fourth-order valence-corrected chi connectivity index (χ4v) is 2.70. The van der Waals surface area contributed by atoms with Gasteiger partial charge in [-0.15, -0.1) is 0 Å². The van der Waals surface area contributed by atoms with E-state index in [1.165, 1.54) is 6.07 Å². The molecule has 0 saturated carbocycles. The molecule has 0 bridgehead atoms. The quantitative estimate of drug-likeness (QED) is 0.758. The molecular formula is C20H26FN2O3+. The van der Waals surface area contributed by atoms with Crippen LogP contribution in [-0.4, -0.2) is 33.2 Å². The summed E-state index contributed by atoms with van der Waals surface area (Å²) in [6, 6.07) is 10.5. The standard InChI is InChI=1S/C20H25FN2O3/c1-5-26-18-9-7-15(11-19(18)25-4)12-23(3)13-20(24)22-17-8-6-14(2)10-16(17)21/h6-11H,5,12-13H2,1-4H3,(H,22,24)/p+1. The summed E-state index contributed by atoms with van der Waals surface area (Å²) in [6.07, 6.45) is 0. The average molecular weight is 361 g/mol. The molecule has 0 aliphatic heterocycles. The third-order valence-electron chi connectivity index (χ3n) is 3.89. The molecule has 2 N–H and O–H groups in total. The molecule has 6 heteroatoms. The molecule has 2 rings (SSSR count). The molecule has 0 radical (unpaired) electrons. The molecule has 1 amide bonds. The third kappa shape index (κ3) is 5.46. The maximum absolute atomic E-state index is 13.8. The van der Waals surface area contributed by atoms with Crippen LogP contribution in [0.3, 0.4) is 0 Å². The van der Waals surface area contributed by atoms with Crippen molar-refractivity contribution in [3.8, 4) is 11.5 Å². The summed E-state index contributed by atoms with van der Waals surface area (Å²) in [4.78, 5) is 13.1. The molecule has 2 aromatic carbocycles. The van der Waals surface area contributed by atoms with Crippen molar-refractivity contribution in [2.75, 3.05) is 32.6 Å². The number of anilines is 1. The lowest BCUT2D eigenvalue weighted by atomic mass is 10.2. The Hall–Kier alpha value is -2.60. The van der Waals surface area contributed by atoms with E-state index in [0.29, 0.717) is 24.7 Å². The minimum absolute atomic E-state index is 0.205. The summed E-state index contributed by atoms with van der Waals surface area (Å²) >= 11 is 0. The van der Waals surface area contributed by atoms with Gasteiger partial charge in [0, 0.05) is 5.56 Å². The zero-order valence-corrected chi connectivity index (χ0v) is 15.7. The first-order chi connectivity index (χ1) is 12.4. The van der Waals surface area contributed by atoms with Crippen molar-refractivity contribution in [2.45, 2.75) is 20.4 Å². The predicted octanol–water partition coefficient (Wildman–Crippen LogP) is 2.19. The van der Waals surface area contributed by atoms with Crippen LogP contribution in [0.5, 0.6) is 11.5 Å². The van der Waals surface area contributed by atoms with Gasteiger partial charge in [0.2, 0.25) is 0 Å². The van der Waals surface area contributed by atoms with E-state index >= 15 is 0 Å². The number of rotatable bonds is 8. The Kier molecular flexibility index (Phi) is 6.97. The van der Waals surface area contributed by atoms with Crippen LogP contribution in [0.25, 0.3) is 0 Å². The highest BCUT2D eigenvalue weighted by atomic mass is 19.1. The predicted molar refractivity (Wildman–Crippen MR) is 99.4 cm³/mol. The second-order valence-electron chi connectivity index (χ2n) is 6.26. The van der Waals surface area contributed by atoms with Crippen LogP contribution in [0.2, 0.25) is 0 Å². The fraction of sp³-hybridized carbons (Fsp3) is 0.350. The van der Waals surface area contributed by atoms with Gasteiger partial charge in [-0.05, 0) is 49.7 Å². The number of nitrogens with one attached hydrogen (secondary N) is 2. The number of quaternary nitrogens is 1. The number of aryl methyl sites for hydroxylation is 1. The summed E-state index contributed by atoms with van der Waals surface area (Å²) in [6.45, 7) is 5.14. The summed E-state index contributed by atoms with van der Waals surface area (Å²) in [5.41, 5.74) is 2.04. The van der Waals surface area contributed by atoms with Crippen LogP contribution in [0, 0.1) is 12.7 Å². The molecule has 2 aromatic rings. The smallest absolute Gasteiger partial charge is 0.279 e. The number of methoxy groups -OCH3 is 1. The maximum atomic E-state index is 13.8. The number of hydrogen-bond donors (Lipinski definition) is 2. The van der Waals surface area contributed by atoms with E-state index in [1.54, 1.807) is 26.2 Å². The van der Waals surface area contributed by atoms with E-state index in [-0.39, 0.29) is 18.1 Å². The van der Waals surface area contributed by atoms with Gasteiger partial charge >= 0.3 is 0 Å². The van der Waals surface area contributed by atoms with Gasteiger partial charge in [-0.3, -0.25) is 4.79 Å². The summed E-state index contributed by atoms with van der Waals surface area (Å²) in [5, 5.41) is 2.62. The number of amides is 1. The zero-order valence-electron chi connectivity index (χ0n) is 15.7. The third-order valence-corrected chi connectivity index (χ3v) is 3.89. The topological polar surface area (TPSA) is 52.0 Å². The second kappa shape index (κ2) is 9.20. The SMILES string of the molecule is CCOc1ccc(C[NH+](C)CC(=O)Nc2ccc(C)cc2F)cc1OC. The van der Waals surface area contributed by atoms with Crippen LogP contribution in [0.15, 0.2) is 36.4 Å². The molecule has 1 atom stereocenters. The van der Waals surface area contributed by atoms with Crippen molar-refractivity contribution in [2.24, 2.45) is 0 Å². The molecule has 0 aromatic heterocycles. The monoisotopic (exact) mass is 361 g/mol. The Balaban J connectivity index is 1.95. The van der Waals surface area contributed by atoms with Gasteiger partial charge in [0.25, 0.3) is 5.91 Å². The Morgan fingerprint density at radius 1 is 1.19 bits per heavy atom. The van der Waals surface area contributed by atoms with Crippen LogP contribution < -0.4 is 19.7 Å². The highest BCUT2D eigenvalue weighted by Crippen LogP contribution is 2.27. The van der Waals surface area contributed by atoms with Crippen LogP contribution in [-0.2, 0) is 11.3 Å². The van der Waals surface area contributed by atoms with Gasteiger partial charge in [-0.25, -0.2) is 4.39 Å². The molecule has 0 aliphatic carbocycles. The van der Waals surface area contributed by atoms with E-state index < -0.39 is 5.82 Å². The number of carbonyl (C=O) groups is 1. The highest BCUT2D eigenvalue weighted by molar-refractivity contribution is 5.91. The Labute approximate surface area is 153 Å². The van der Waals surface area contributed by atoms with Crippen LogP contribution in [0.4, 0.5) is 10.1 Å². The van der Waals surface area contributed by atoms with Crippen molar-refractivity contribution < 1.29 is 23.6 Å². The molecule has 0 spiro atoms. The number of benzene rings is 2. The fourth-order valence-electron chi connectivity index (χ4n) is 2.70. The Bertz CT molecular complexity index is 765. The first-order valence-electron chi connectivity index (χ1n) is 8.60. The van der Waals surface area contributed by atoms with E-state index in [2.05, 4.69) is 5.32 Å². The lowest BCUT2D eigenvalue weighted by molar-refractivity contribution is -0.885. The van der Waals surface area contributed by atoms with Crippen molar-refractivity contribution in [1.82, 2.24) is 0 Å². The van der Waals surface area contributed by atoms with Gasteiger partial charge < -0.3 is 19.7 Å². The normalized spacial score (nSPS) is 11.7. The van der Waals surface area contributed by atoms with E-state index in [0.717, 1.165) is 16.0 Å². The number of likely N-dealkylation sites (N-methyl/N-ethyl adjacent to an activating group) is 1. The second-order valence-corrected chi connectivity index (χ2v) is 6.26. The maximum Gasteiger partial charge on any atom is 0.279 e. The lowest BCUT2D eigenvalue weighted by Gasteiger charge is -2.16. The highest BCUT2D eigenvalue weighted by Gasteiger charge is 2.14. The Morgan fingerprint density at radius 2 is 1.96 bits per heavy atom. The number of carbonyl (C=O) groups excluding carboxylic acids is 1. The zero-order chi connectivity index (χ0) is 19.1. The van der Waals surface area contributed by atoms with E-state index in [9.17, 15) is 9.18 Å². The van der Waals surface area contributed by atoms with Crippen molar-refractivity contribution in [3.05, 3.63) is 53.3 Å². The molecule has 1 unspecified atom stereocenters. The molecule has 140 valence electrons. The number of halogens is 1. The van der Waals surface area contributed by atoms with Gasteiger partial charge in [0.1, 0.15) is 12.4 Å². The van der Waals surface area contributed by atoms with E-state index in [4.69, 9.17) is 9.47 Å². The summed E-state index contributed by atoms with van der Waals surface area (Å²) in [5.74, 6) is 0.711. The Morgan fingerprint density at radius 3 is 2.62 bits per heavy atom. The van der Waals surface area contributed by atoms with Crippen molar-refractivity contribution in [3.63, 3.8) is 0 Å². The molecular weight excluding hydrogens is 335 g/mol. The van der Waals surface area contributed by atoms with Gasteiger partial charge in [-0.2, -0.15) is 0 Å². The van der Waals surface area contributed by atoms with E-state index in [1.807, 2.05) is 32.2 Å². The molecule has 0 heterocycles. The molecule has 26 heavy (non-hydrogen) atoms. The molecule has 0 aliphatic rings. The number of ether oxygens (including phenoxy) is 2. The summed E-state index contributed by atoms with van der Waals surface area (Å²) in [7, 11) is 3.51. The average Bonchev–Trinajstić information content (AvgIpc) is 2.58. The first kappa shape index (κ1) is 19.7. The lowest BCUT2D eigenvalue weighted by Crippen LogP contribution is -3.08. The van der Waals surface area contributed by atoms with Crippen LogP contribution in [0.1, 0.15) is 18.1 Å². The van der Waals surface area contributed by atoms with Gasteiger partial charge in [0.05, 0.1) is 26.5 Å². The number of hydrogen-bond acceptors (Lipinski definition) is 3. The van der Waals surface area contributed by atoms with Crippen molar-refractivity contribution >= 4 is 11.6 Å². The van der Waals surface area contributed by atoms with Gasteiger partial charge in [-0.1, -0.05) is 6.07 Å². The largest absolute Gasteiger partial charge is 0.493 e. The van der Waals surface area contributed by atoms with Crippen LogP contribution >= 0.6 is 0 Å². The minimum Gasteiger partial charge on any atom is -0.493 e. The minimum atomic E-state index is -0.424. The van der Waals surface area contributed by atoms with Gasteiger partial charge in [0.15, 0.2) is 18.0 Å². The summed E-state index contributed by atoms with van der Waals surface area (Å²) < 4.78 is 24.7. The molecule has 5 nitrogen and oxygen atoms in total. The first-order valence-corrected chi connectivity index (χ1v) is 8.60. The molecule has 0 saturated heterocycles. The van der Waals surface area contributed by atoms with Crippen molar-refractivity contribution in [1.29, 1.82) is 0 Å².